The van der Waals surface area contributed by atoms with Gasteiger partial charge in [0.1, 0.15) is 0 Å². The van der Waals surface area contributed by atoms with Gasteiger partial charge in [0, 0.05) is 41.0 Å². The number of aliphatic hydroxyl groups is 1. The summed E-state index contributed by atoms with van der Waals surface area (Å²) in [5.74, 6) is 0.720. The number of nitrogens with one attached hydrogen (secondary N) is 1. The Hall–Kier alpha value is -2.28. The molecule has 0 radical (unpaired) electrons. The first kappa shape index (κ1) is 18.3. The molecule has 7 rings (SSSR count). The molecule has 3 aromatic rings. The molecule has 31 heavy (non-hydrogen) atoms. The van der Waals surface area contributed by atoms with Gasteiger partial charge in [-0.15, -0.1) is 6.58 Å². The molecule has 2 aliphatic carbocycles. The summed E-state index contributed by atoms with van der Waals surface area (Å²) in [6.45, 7) is 5.57. The predicted octanol–water partition coefficient (Wildman–Crippen LogP) is 4.11. The van der Waals surface area contributed by atoms with Crippen molar-refractivity contribution in [1.82, 2.24) is 9.88 Å². The number of hydrogen-bond donors (Lipinski definition) is 3. The lowest BCUT2D eigenvalue weighted by Crippen LogP contribution is -2.74. The average molecular weight is 479 g/mol. The molecular weight excluding hydrogens is 456 g/mol. The topological polar surface area (TPSA) is 68.7 Å². The second-order valence-electron chi connectivity index (χ2n) is 9.45. The number of benzene rings is 2. The number of aromatic hydroxyl groups is 1. The third-order valence-corrected chi connectivity index (χ3v) is 8.98. The molecule has 5 nitrogen and oxygen atoms in total. The molecule has 1 spiro atoms. The van der Waals surface area contributed by atoms with Crippen LogP contribution in [-0.2, 0) is 18.3 Å². The van der Waals surface area contributed by atoms with Crippen molar-refractivity contribution in [1.29, 1.82) is 0 Å². The maximum atomic E-state index is 12.6. The molecule has 2 bridgehead atoms. The molecule has 1 fully saturated rings. The summed E-state index contributed by atoms with van der Waals surface area (Å²) in [5, 5.41) is 24.5. The maximum absolute atomic E-state index is 12.6. The number of halogens is 1. The Labute approximate surface area is 188 Å². The van der Waals surface area contributed by atoms with Crippen molar-refractivity contribution in [2.45, 2.75) is 42.4 Å². The van der Waals surface area contributed by atoms with Gasteiger partial charge in [-0.1, -0.05) is 24.3 Å². The van der Waals surface area contributed by atoms with E-state index in [2.05, 4.69) is 38.5 Å². The first-order valence-electron chi connectivity index (χ1n) is 10.9. The summed E-state index contributed by atoms with van der Waals surface area (Å²) in [6.07, 6.45) is 3.66. The maximum Gasteiger partial charge on any atom is 0.166 e. The van der Waals surface area contributed by atoms with Gasteiger partial charge in [0.15, 0.2) is 17.6 Å². The SMILES string of the molecule is C=CCN1CCC23c4c5ccc(O)c4OC2c2[nH]c4c(Br)cccc4c2CC3(O)C1C5. The zero-order valence-corrected chi connectivity index (χ0v) is 18.6. The number of para-hydroxylation sites is 1. The number of aromatic nitrogens is 1. The molecule has 1 aromatic heterocycles. The Morgan fingerprint density at radius 2 is 2.19 bits per heavy atom. The summed E-state index contributed by atoms with van der Waals surface area (Å²) in [6, 6.07) is 9.91. The summed E-state index contributed by atoms with van der Waals surface area (Å²) < 4.78 is 7.57. The number of nitrogens with zero attached hydrogens (tertiary/aromatic N) is 1. The summed E-state index contributed by atoms with van der Waals surface area (Å²) in [5.41, 5.74) is 3.84. The van der Waals surface area contributed by atoms with Crippen molar-refractivity contribution in [2.75, 3.05) is 13.1 Å². The van der Waals surface area contributed by atoms with Crippen LogP contribution in [0.5, 0.6) is 11.5 Å². The van der Waals surface area contributed by atoms with Gasteiger partial charge < -0.3 is 19.9 Å². The normalized spacial score (nSPS) is 32.5. The second-order valence-corrected chi connectivity index (χ2v) is 10.3. The molecule has 2 aliphatic heterocycles. The molecule has 1 saturated heterocycles. The number of aromatic amines is 1. The summed E-state index contributed by atoms with van der Waals surface area (Å²) >= 11 is 3.68. The molecule has 4 unspecified atom stereocenters. The molecule has 3 heterocycles. The lowest BCUT2D eigenvalue weighted by atomic mass is 9.49. The van der Waals surface area contributed by atoms with E-state index in [0.29, 0.717) is 12.2 Å². The molecule has 6 heteroatoms. The van der Waals surface area contributed by atoms with E-state index in [0.717, 1.165) is 58.1 Å². The Bertz CT molecular complexity index is 1300. The van der Waals surface area contributed by atoms with Crippen LogP contribution in [0.1, 0.15) is 34.9 Å². The number of H-pyrrole nitrogens is 1. The highest BCUT2D eigenvalue weighted by Crippen LogP contribution is 2.69. The van der Waals surface area contributed by atoms with E-state index in [1.54, 1.807) is 6.07 Å². The van der Waals surface area contributed by atoms with Crippen molar-refractivity contribution in [3.05, 3.63) is 69.8 Å². The van der Waals surface area contributed by atoms with Gasteiger partial charge in [-0.2, -0.15) is 0 Å². The molecular formula is C25H23BrN2O3. The molecule has 0 amide bonds. The highest BCUT2D eigenvalue weighted by atomic mass is 79.9. The summed E-state index contributed by atoms with van der Waals surface area (Å²) in [4.78, 5) is 6.01. The van der Waals surface area contributed by atoms with Gasteiger partial charge in [-0.25, -0.2) is 0 Å². The van der Waals surface area contributed by atoms with Crippen molar-refractivity contribution in [3.63, 3.8) is 0 Å². The first-order valence-corrected chi connectivity index (χ1v) is 11.7. The zero-order valence-electron chi connectivity index (χ0n) is 17.0. The van der Waals surface area contributed by atoms with Crippen LogP contribution in [0, 0.1) is 0 Å². The molecule has 4 aliphatic rings. The number of fused-ring (bicyclic) bond motifs is 4. The van der Waals surface area contributed by atoms with Gasteiger partial charge in [-0.05, 0) is 52.0 Å². The van der Waals surface area contributed by atoms with E-state index in [1.165, 1.54) is 5.56 Å². The van der Waals surface area contributed by atoms with Gasteiger partial charge in [0.05, 0.1) is 22.2 Å². The van der Waals surface area contributed by atoms with Crippen LogP contribution in [0.4, 0.5) is 0 Å². The van der Waals surface area contributed by atoms with Gasteiger partial charge in [0.2, 0.25) is 0 Å². The lowest BCUT2D eigenvalue weighted by molar-refractivity contribution is -0.170. The van der Waals surface area contributed by atoms with Gasteiger partial charge in [-0.3, -0.25) is 4.90 Å². The quantitative estimate of drug-likeness (QED) is 0.484. The number of phenols is 1. The molecule has 0 saturated carbocycles. The number of rotatable bonds is 2. The fourth-order valence-electron chi connectivity index (χ4n) is 7.14. The van der Waals surface area contributed by atoms with Crippen LogP contribution in [0.3, 0.4) is 0 Å². The average Bonchev–Trinajstić information content (AvgIpc) is 3.28. The molecule has 3 N–H and O–H groups in total. The van der Waals surface area contributed by atoms with Crippen LogP contribution in [0.25, 0.3) is 10.9 Å². The Morgan fingerprint density at radius 3 is 3.03 bits per heavy atom. The van der Waals surface area contributed by atoms with Crippen LogP contribution in [0.15, 0.2) is 47.5 Å². The van der Waals surface area contributed by atoms with Crippen molar-refractivity contribution < 1.29 is 14.9 Å². The second kappa shape index (κ2) is 5.74. The fraction of sp³-hybridized carbons (Fsp3) is 0.360. The van der Waals surface area contributed by atoms with E-state index in [-0.39, 0.29) is 17.9 Å². The minimum atomic E-state index is -0.991. The van der Waals surface area contributed by atoms with Crippen LogP contribution in [0.2, 0.25) is 0 Å². The zero-order chi connectivity index (χ0) is 21.1. The highest BCUT2D eigenvalue weighted by molar-refractivity contribution is 9.10. The Balaban J connectivity index is 1.57. The predicted molar refractivity (Wildman–Crippen MR) is 122 cm³/mol. The number of likely N-dealkylation sites (tertiary alicyclic amines) is 1. The van der Waals surface area contributed by atoms with E-state index >= 15 is 0 Å². The first-order chi connectivity index (χ1) is 15.0. The fourth-order valence-corrected chi connectivity index (χ4v) is 7.61. The van der Waals surface area contributed by atoms with E-state index in [4.69, 9.17) is 4.74 Å². The molecule has 2 aromatic carbocycles. The highest BCUT2D eigenvalue weighted by Gasteiger charge is 2.72. The smallest absolute Gasteiger partial charge is 0.166 e. The van der Waals surface area contributed by atoms with Crippen molar-refractivity contribution >= 4 is 26.8 Å². The van der Waals surface area contributed by atoms with Crippen molar-refractivity contribution in [3.8, 4) is 11.5 Å². The number of phenolic OH excluding ortho intramolecular Hbond substituents is 1. The van der Waals surface area contributed by atoms with E-state index in [9.17, 15) is 10.2 Å². The minimum Gasteiger partial charge on any atom is -0.504 e. The molecule has 158 valence electrons. The summed E-state index contributed by atoms with van der Waals surface area (Å²) in [7, 11) is 0. The third-order valence-electron chi connectivity index (χ3n) is 8.32. The Morgan fingerprint density at radius 1 is 1.32 bits per heavy atom. The minimum absolute atomic E-state index is 0.0291. The van der Waals surface area contributed by atoms with Gasteiger partial charge in [0.25, 0.3) is 0 Å². The largest absolute Gasteiger partial charge is 0.504 e. The monoisotopic (exact) mass is 478 g/mol. The number of ether oxygens (including phenoxy) is 1. The Kier molecular flexibility index (Phi) is 3.39. The van der Waals surface area contributed by atoms with Gasteiger partial charge >= 0.3 is 0 Å². The van der Waals surface area contributed by atoms with Crippen LogP contribution >= 0.6 is 15.9 Å². The number of hydrogen-bond acceptors (Lipinski definition) is 4. The van der Waals surface area contributed by atoms with E-state index in [1.807, 2.05) is 24.3 Å². The van der Waals surface area contributed by atoms with E-state index < -0.39 is 11.0 Å². The standard InChI is InChI=1S/C25H23BrN2O3/c1-2-9-28-10-8-24-19-13-6-7-17(29)22(19)31-23(24)21-15(12-25(24,30)18(28)11-13)14-4-3-5-16(26)20(14)27-21/h2-7,18,23,27,29-30H,1,8-12H2. The third kappa shape index (κ3) is 1.92. The number of piperidine rings is 1. The van der Waals surface area contributed by atoms with Crippen LogP contribution < -0.4 is 4.74 Å². The van der Waals surface area contributed by atoms with Crippen molar-refractivity contribution in [2.24, 2.45) is 0 Å². The molecule has 4 atom stereocenters. The lowest BCUT2D eigenvalue weighted by Gasteiger charge is -2.62. The van der Waals surface area contributed by atoms with Crippen LogP contribution in [-0.4, -0.2) is 44.8 Å².